The van der Waals surface area contributed by atoms with Crippen molar-refractivity contribution >= 4 is 54.9 Å². The molecule has 9 aromatic rings. The summed E-state index contributed by atoms with van der Waals surface area (Å²) in [7, 11) is 0. The molecule has 0 radical (unpaired) electrons. The zero-order valence-corrected chi connectivity index (χ0v) is 28.3. The Hall–Kier alpha value is -6.64. The van der Waals surface area contributed by atoms with Crippen molar-refractivity contribution < 1.29 is 9.90 Å². The first-order valence-corrected chi connectivity index (χ1v) is 17.6. The summed E-state index contributed by atoms with van der Waals surface area (Å²) < 4.78 is 45.2. The van der Waals surface area contributed by atoms with Gasteiger partial charge in [-0.3, -0.25) is 0 Å². The lowest BCUT2D eigenvalue weighted by molar-refractivity contribution is 0.672. The van der Waals surface area contributed by atoms with Gasteiger partial charge in [-0.15, -0.1) is 0 Å². The number of para-hydroxylation sites is 2. The van der Waals surface area contributed by atoms with Crippen LogP contribution in [0.4, 0.5) is 11.4 Å². The van der Waals surface area contributed by atoms with Gasteiger partial charge in [0.2, 0.25) is 0 Å². The SMILES string of the molecule is [2H]C1=C([2H])C(c2cccc3ccccc23)C([2H])C([2H])=C1N(c1ccccc1-c1ccccc1)c1ccccc1-c1ccc2oc3c4ccccc4ccc3c2c1. The minimum atomic E-state index is -1.13. The van der Waals surface area contributed by atoms with Crippen LogP contribution in [0.3, 0.4) is 0 Å². The second-order valence-corrected chi connectivity index (χ2v) is 13.2. The van der Waals surface area contributed by atoms with Crippen molar-refractivity contribution in [2.24, 2.45) is 0 Å². The number of hydrogen-bond donors (Lipinski definition) is 0. The highest BCUT2D eigenvalue weighted by atomic mass is 16.3. The molecule has 2 unspecified atom stereocenters. The lowest BCUT2D eigenvalue weighted by Gasteiger charge is -2.32. The Kier molecular flexibility index (Phi) is 6.35. The van der Waals surface area contributed by atoms with E-state index in [0.717, 1.165) is 82.7 Å². The van der Waals surface area contributed by atoms with E-state index in [-0.39, 0.29) is 23.9 Å². The van der Waals surface area contributed by atoms with Gasteiger partial charge in [-0.1, -0.05) is 158 Å². The third kappa shape index (κ3) is 5.11. The molecular formula is C50H35NO. The minimum absolute atomic E-state index is 0.00948. The number of hydrogen-bond acceptors (Lipinski definition) is 2. The van der Waals surface area contributed by atoms with Crippen molar-refractivity contribution in [2.75, 3.05) is 4.90 Å². The van der Waals surface area contributed by atoms with Crippen molar-refractivity contribution in [1.82, 2.24) is 0 Å². The first-order chi connectivity index (χ1) is 27.5. The Balaban J connectivity index is 1.20. The average Bonchev–Trinajstić information content (AvgIpc) is 3.64. The molecule has 2 heteroatoms. The molecule has 0 N–H and O–H groups in total. The maximum atomic E-state index is 9.77. The van der Waals surface area contributed by atoms with Gasteiger partial charge in [0.15, 0.2) is 0 Å². The summed E-state index contributed by atoms with van der Waals surface area (Å²) in [6, 6.07) is 58.6. The lowest BCUT2D eigenvalue weighted by Crippen LogP contribution is -2.19. The second-order valence-electron chi connectivity index (χ2n) is 13.2. The molecule has 0 amide bonds. The first-order valence-electron chi connectivity index (χ1n) is 19.7. The van der Waals surface area contributed by atoms with Crippen LogP contribution in [-0.2, 0) is 0 Å². The number of fused-ring (bicyclic) bond motifs is 6. The van der Waals surface area contributed by atoms with Crippen LogP contribution in [0.5, 0.6) is 0 Å². The molecule has 246 valence electrons. The van der Waals surface area contributed by atoms with Crippen LogP contribution >= 0.6 is 0 Å². The van der Waals surface area contributed by atoms with E-state index in [0.29, 0.717) is 0 Å². The number of nitrogens with zero attached hydrogens (tertiary/aromatic N) is 1. The van der Waals surface area contributed by atoms with Crippen LogP contribution < -0.4 is 4.90 Å². The zero-order chi connectivity index (χ0) is 37.9. The molecule has 2 nitrogen and oxygen atoms in total. The molecule has 0 spiro atoms. The van der Waals surface area contributed by atoms with Crippen LogP contribution in [0.25, 0.3) is 65.7 Å². The van der Waals surface area contributed by atoms with Gasteiger partial charge >= 0.3 is 0 Å². The molecule has 0 fully saturated rings. The highest BCUT2D eigenvalue weighted by Gasteiger charge is 2.24. The van der Waals surface area contributed by atoms with Crippen molar-refractivity contribution in [3.63, 3.8) is 0 Å². The molecule has 0 bridgehead atoms. The first kappa shape index (κ1) is 26.2. The van der Waals surface area contributed by atoms with Crippen LogP contribution in [-0.4, -0.2) is 0 Å². The maximum Gasteiger partial charge on any atom is 0.143 e. The number of allylic oxidation sites excluding steroid dienone is 3. The van der Waals surface area contributed by atoms with Gasteiger partial charge in [-0.25, -0.2) is 0 Å². The monoisotopic (exact) mass is 669 g/mol. The highest BCUT2D eigenvalue weighted by Crippen LogP contribution is 2.45. The van der Waals surface area contributed by atoms with Gasteiger partial charge in [0.25, 0.3) is 0 Å². The topological polar surface area (TPSA) is 16.4 Å². The Morgan fingerprint density at radius 3 is 2.00 bits per heavy atom. The van der Waals surface area contributed by atoms with Crippen molar-refractivity contribution in [2.45, 2.75) is 12.3 Å². The van der Waals surface area contributed by atoms with E-state index < -0.39 is 12.3 Å². The molecule has 0 saturated carbocycles. The van der Waals surface area contributed by atoms with E-state index in [1.54, 1.807) is 0 Å². The summed E-state index contributed by atoms with van der Waals surface area (Å²) in [4.78, 5) is 1.95. The van der Waals surface area contributed by atoms with Crippen LogP contribution in [0, 0.1) is 0 Å². The number of furan rings is 1. The van der Waals surface area contributed by atoms with Crippen molar-refractivity contribution in [3.05, 3.63) is 205 Å². The molecule has 1 heterocycles. The highest BCUT2D eigenvalue weighted by molar-refractivity contribution is 6.15. The summed E-state index contributed by atoms with van der Waals surface area (Å²) in [5.74, 6) is -0.779. The molecule has 0 saturated heterocycles. The Bertz CT molecular complexity index is 3050. The van der Waals surface area contributed by atoms with Crippen LogP contribution in [0.2, 0.25) is 0 Å². The van der Waals surface area contributed by atoms with Gasteiger partial charge in [-0.2, -0.15) is 0 Å². The Labute approximate surface area is 308 Å². The molecule has 1 aliphatic carbocycles. The number of rotatable bonds is 6. The average molecular weight is 670 g/mol. The smallest absolute Gasteiger partial charge is 0.143 e. The molecule has 1 aliphatic rings. The summed E-state index contributed by atoms with van der Waals surface area (Å²) in [6.45, 7) is 0. The third-order valence-electron chi connectivity index (χ3n) is 10.2. The normalized spacial score (nSPS) is 17.4. The summed E-state index contributed by atoms with van der Waals surface area (Å²) >= 11 is 0. The van der Waals surface area contributed by atoms with Crippen LogP contribution in [0.1, 0.15) is 23.4 Å². The molecule has 8 aromatic carbocycles. The minimum Gasteiger partial charge on any atom is -0.455 e. The van der Waals surface area contributed by atoms with E-state index in [9.17, 15) is 5.48 Å². The quantitative estimate of drug-likeness (QED) is 0.175. The summed E-state index contributed by atoms with van der Waals surface area (Å²) in [5, 5.41) is 6.13. The second kappa shape index (κ2) is 12.6. The zero-order valence-electron chi connectivity index (χ0n) is 32.3. The fraction of sp³-hybridized carbons (Fsp3) is 0.0400. The molecule has 10 rings (SSSR count). The van der Waals surface area contributed by atoms with Gasteiger partial charge in [0, 0.05) is 40.3 Å². The summed E-state index contributed by atoms with van der Waals surface area (Å²) in [6.07, 6.45) is -1.13. The van der Waals surface area contributed by atoms with Crippen molar-refractivity contribution in [1.29, 1.82) is 0 Å². The predicted octanol–water partition coefficient (Wildman–Crippen LogP) is 14.0. The van der Waals surface area contributed by atoms with Gasteiger partial charge < -0.3 is 9.32 Å². The molecule has 52 heavy (non-hydrogen) atoms. The molecule has 2 atom stereocenters. The van der Waals surface area contributed by atoms with E-state index in [2.05, 4.69) is 54.6 Å². The molecular weight excluding hydrogens is 631 g/mol. The third-order valence-corrected chi connectivity index (χ3v) is 10.2. The van der Waals surface area contributed by atoms with Crippen molar-refractivity contribution in [3.8, 4) is 22.3 Å². The van der Waals surface area contributed by atoms with E-state index in [1.807, 2.05) is 126 Å². The fourth-order valence-electron chi connectivity index (χ4n) is 7.68. The van der Waals surface area contributed by atoms with Gasteiger partial charge in [-0.05, 0) is 75.6 Å². The van der Waals surface area contributed by atoms with E-state index >= 15 is 0 Å². The standard InChI is InChI=1S/C50H35NO/c1-2-13-35(14-3-1)42-19-8-10-23-47(42)51(39-29-25-37(26-30-39)41-22-12-17-34-15-4-6-18-40(34)41)48-24-11-9-20-43(48)38-28-32-49-46(33-38)45-31-27-36-16-5-7-21-44(36)50(45)52-49/h1-25,27-33,37H,26H2/i25D,26D,29D,30D. The Morgan fingerprint density at radius 2 is 1.19 bits per heavy atom. The fourth-order valence-corrected chi connectivity index (χ4v) is 7.68. The molecule has 0 aliphatic heterocycles. The van der Waals surface area contributed by atoms with E-state index in [4.69, 9.17) is 4.42 Å². The molecule has 1 aromatic heterocycles. The number of benzene rings is 8. The summed E-state index contributed by atoms with van der Waals surface area (Å²) in [5.41, 5.74) is 7.84. The Morgan fingerprint density at radius 1 is 0.538 bits per heavy atom. The predicted molar refractivity (Wildman–Crippen MR) is 219 cm³/mol. The van der Waals surface area contributed by atoms with Crippen LogP contribution in [0.15, 0.2) is 204 Å². The van der Waals surface area contributed by atoms with E-state index in [1.165, 1.54) is 0 Å². The lowest BCUT2D eigenvalue weighted by atomic mass is 9.87. The number of anilines is 2. The van der Waals surface area contributed by atoms with Gasteiger partial charge in [0.05, 0.1) is 15.5 Å². The largest absolute Gasteiger partial charge is 0.455 e. The van der Waals surface area contributed by atoms with Gasteiger partial charge in [0.1, 0.15) is 11.2 Å². The maximum absolute atomic E-state index is 9.77.